The van der Waals surface area contributed by atoms with Crippen LogP contribution in [0.5, 0.6) is 0 Å². The number of carbonyl (C=O) groups excluding carboxylic acids is 2. The minimum atomic E-state index is -0.934. The lowest BCUT2D eigenvalue weighted by atomic mass is 9.94. The quantitative estimate of drug-likeness (QED) is 0.466. The summed E-state index contributed by atoms with van der Waals surface area (Å²) in [6.07, 6.45) is 4.65. The Kier molecular flexibility index (Phi) is 6.26. The van der Waals surface area contributed by atoms with Crippen LogP contribution in [0.3, 0.4) is 0 Å². The van der Waals surface area contributed by atoms with Gasteiger partial charge in [0.15, 0.2) is 0 Å². The fourth-order valence-electron chi connectivity index (χ4n) is 4.00. The molecule has 0 unspecified atom stereocenters. The number of hydrogen-bond acceptors (Lipinski definition) is 4. The molecule has 1 saturated carbocycles. The molecule has 1 amide bonds. The number of methoxy groups -OCH3 is 1. The normalized spacial score (nSPS) is 14.2. The van der Waals surface area contributed by atoms with Gasteiger partial charge in [0.25, 0.3) is 0 Å². The first-order valence-corrected chi connectivity index (χ1v) is 11.1. The van der Waals surface area contributed by atoms with E-state index in [2.05, 4.69) is 24.3 Å². The molecule has 2 aromatic carbocycles. The number of amides is 1. The van der Waals surface area contributed by atoms with Gasteiger partial charge in [-0.15, -0.1) is 0 Å². The molecule has 1 fully saturated rings. The van der Waals surface area contributed by atoms with Crippen LogP contribution in [-0.4, -0.2) is 28.8 Å². The number of rotatable bonds is 7. The van der Waals surface area contributed by atoms with Crippen LogP contribution >= 0.6 is 11.6 Å². The molecule has 1 aromatic heterocycles. The molecule has 0 atom stereocenters. The van der Waals surface area contributed by atoms with Crippen molar-refractivity contribution in [3.63, 3.8) is 0 Å². The standard InChI is InChI=1S/C25H25ClFN3O3/c1-15(2)13-30-14-16(12-28-30)19-6-5-18(11-20(19)23(31)33-3)29-24(32)25(8-9-25)21-7-4-17(26)10-22(21)27/h4-7,10-12,14-15H,8-9,13H2,1-3H3,(H,29,32). The van der Waals surface area contributed by atoms with E-state index in [1.165, 1.54) is 13.2 Å². The number of nitrogens with zero attached hydrogens (tertiary/aromatic N) is 2. The highest BCUT2D eigenvalue weighted by molar-refractivity contribution is 6.30. The van der Waals surface area contributed by atoms with E-state index >= 15 is 0 Å². The van der Waals surface area contributed by atoms with Crippen LogP contribution in [0.2, 0.25) is 5.02 Å². The van der Waals surface area contributed by atoms with Gasteiger partial charge in [0.2, 0.25) is 5.91 Å². The molecule has 0 radical (unpaired) electrons. The van der Waals surface area contributed by atoms with Crippen molar-refractivity contribution >= 4 is 29.2 Å². The molecule has 0 saturated heterocycles. The van der Waals surface area contributed by atoms with Gasteiger partial charge in [0.05, 0.1) is 24.3 Å². The maximum absolute atomic E-state index is 14.5. The number of benzene rings is 2. The summed E-state index contributed by atoms with van der Waals surface area (Å²) >= 11 is 5.86. The summed E-state index contributed by atoms with van der Waals surface area (Å²) in [4.78, 5) is 25.6. The van der Waals surface area contributed by atoms with Crippen molar-refractivity contribution in [2.75, 3.05) is 12.4 Å². The first-order chi connectivity index (χ1) is 15.7. The van der Waals surface area contributed by atoms with Crippen molar-refractivity contribution in [1.82, 2.24) is 9.78 Å². The van der Waals surface area contributed by atoms with Gasteiger partial charge < -0.3 is 10.1 Å². The fraction of sp³-hybridized carbons (Fsp3) is 0.320. The zero-order chi connectivity index (χ0) is 23.8. The fourth-order valence-corrected chi connectivity index (χ4v) is 4.16. The molecule has 1 N–H and O–H groups in total. The van der Waals surface area contributed by atoms with E-state index in [0.717, 1.165) is 12.1 Å². The van der Waals surface area contributed by atoms with E-state index in [-0.39, 0.29) is 10.9 Å². The molecule has 4 rings (SSSR count). The van der Waals surface area contributed by atoms with Gasteiger partial charge >= 0.3 is 5.97 Å². The van der Waals surface area contributed by atoms with Gasteiger partial charge in [0, 0.05) is 34.6 Å². The lowest BCUT2D eigenvalue weighted by molar-refractivity contribution is -0.118. The summed E-state index contributed by atoms with van der Waals surface area (Å²) in [6.45, 7) is 4.95. The number of aromatic nitrogens is 2. The van der Waals surface area contributed by atoms with Crippen LogP contribution in [0.15, 0.2) is 48.8 Å². The second-order valence-corrected chi connectivity index (χ2v) is 9.19. The van der Waals surface area contributed by atoms with Crippen LogP contribution in [0.25, 0.3) is 11.1 Å². The maximum atomic E-state index is 14.5. The van der Waals surface area contributed by atoms with Gasteiger partial charge in [-0.25, -0.2) is 9.18 Å². The highest BCUT2D eigenvalue weighted by atomic mass is 35.5. The topological polar surface area (TPSA) is 73.2 Å². The van der Waals surface area contributed by atoms with E-state index < -0.39 is 17.2 Å². The van der Waals surface area contributed by atoms with E-state index in [1.54, 1.807) is 36.5 Å². The Labute approximate surface area is 196 Å². The van der Waals surface area contributed by atoms with Gasteiger partial charge in [-0.2, -0.15) is 5.10 Å². The Hall–Kier alpha value is -3.19. The Morgan fingerprint density at radius 1 is 1.24 bits per heavy atom. The van der Waals surface area contributed by atoms with Crippen LogP contribution in [0.1, 0.15) is 42.6 Å². The van der Waals surface area contributed by atoms with Gasteiger partial charge in [0.1, 0.15) is 5.82 Å². The van der Waals surface area contributed by atoms with Gasteiger partial charge in [-0.05, 0) is 48.6 Å². The largest absolute Gasteiger partial charge is 0.465 e. The number of halogens is 2. The summed E-state index contributed by atoms with van der Waals surface area (Å²) in [5.74, 6) is -0.922. The second kappa shape index (κ2) is 8.98. The molecule has 0 spiro atoms. The SMILES string of the molecule is COC(=O)c1cc(NC(=O)C2(c3ccc(Cl)cc3F)CC2)ccc1-c1cnn(CC(C)C)c1. The molecular formula is C25H25ClFN3O3. The molecule has 33 heavy (non-hydrogen) atoms. The van der Waals surface area contributed by atoms with Crippen molar-refractivity contribution in [3.05, 3.63) is 70.8 Å². The summed E-state index contributed by atoms with van der Waals surface area (Å²) in [5, 5.41) is 7.50. The Morgan fingerprint density at radius 2 is 2.00 bits per heavy atom. The van der Waals surface area contributed by atoms with E-state index in [9.17, 15) is 14.0 Å². The molecule has 1 aliphatic carbocycles. The van der Waals surface area contributed by atoms with Crippen LogP contribution in [-0.2, 0) is 21.5 Å². The summed E-state index contributed by atoms with van der Waals surface area (Å²) in [6, 6.07) is 9.40. The van der Waals surface area contributed by atoms with Crippen molar-refractivity contribution in [1.29, 1.82) is 0 Å². The monoisotopic (exact) mass is 469 g/mol. The predicted molar refractivity (Wildman–Crippen MR) is 125 cm³/mol. The number of nitrogens with one attached hydrogen (secondary N) is 1. The molecule has 8 heteroatoms. The molecular weight excluding hydrogens is 445 g/mol. The lowest BCUT2D eigenvalue weighted by Gasteiger charge is -2.17. The molecule has 6 nitrogen and oxygen atoms in total. The lowest BCUT2D eigenvalue weighted by Crippen LogP contribution is -2.28. The molecule has 3 aromatic rings. The average Bonchev–Trinajstić information content (AvgIpc) is 3.45. The predicted octanol–water partition coefficient (Wildman–Crippen LogP) is 5.46. The Bertz CT molecular complexity index is 1220. The minimum absolute atomic E-state index is 0.280. The second-order valence-electron chi connectivity index (χ2n) is 8.76. The van der Waals surface area contributed by atoms with Crippen molar-refractivity contribution in [2.45, 2.75) is 38.6 Å². The zero-order valence-electron chi connectivity index (χ0n) is 18.7. The third kappa shape index (κ3) is 4.64. The van der Waals surface area contributed by atoms with Crippen LogP contribution in [0.4, 0.5) is 10.1 Å². The number of esters is 1. The highest BCUT2D eigenvalue weighted by Gasteiger charge is 2.52. The molecule has 0 aliphatic heterocycles. The summed E-state index contributed by atoms with van der Waals surface area (Å²) in [7, 11) is 1.31. The smallest absolute Gasteiger partial charge is 0.338 e. The molecule has 1 aliphatic rings. The summed E-state index contributed by atoms with van der Waals surface area (Å²) in [5.41, 5.74) is 1.56. The van der Waals surface area contributed by atoms with Crippen molar-refractivity contribution < 1.29 is 18.7 Å². The first-order valence-electron chi connectivity index (χ1n) is 10.8. The molecule has 1 heterocycles. The minimum Gasteiger partial charge on any atom is -0.465 e. The van der Waals surface area contributed by atoms with E-state index in [0.29, 0.717) is 41.1 Å². The number of ether oxygens (including phenoxy) is 1. The number of carbonyl (C=O) groups is 2. The molecule has 172 valence electrons. The van der Waals surface area contributed by atoms with E-state index in [4.69, 9.17) is 16.3 Å². The molecule has 0 bridgehead atoms. The first kappa shape index (κ1) is 23.0. The van der Waals surface area contributed by atoms with Crippen molar-refractivity contribution in [2.24, 2.45) is 5.92 Å². The van der Waals surface area contributed by atoms with Gasteiger partial charge in [-0.1, -0.05) is 37.6 Å². The number of anilines is 1. The van der Waals surface area contributed by atoms with Crippen LogP contribution < -0.4 is 5.32 Å². The third-order valence-corrected chi connectivity index (χ3v) is 6.05. The Balaban J connectivity index is 1.62. The highest BCUT2D eigenvalue weighted by Crippen LogP contribution is 2.50. The van der Waals surface area contributed by atoms with E-state index in [1.807, 2.05) is 10.9 Å². The van der Waals surface area contributed by atoms with Crippen molar-refractivity contribution in [3.8, 4) is 11.1 Å². The Morgan fingerprint density at radius 3 is 2.64 bits per heavy atom. The summed E-state index contributed by atoms with van der Waals surface area (Å²) < 4.78 is 21.3. The maximum Gasteiger partial charge on any atom is 0.338 e. The third-order valence-electron chi connectivity index (χ3n) is 5.81. The zero-order valence-corrected chi connectivity index (χ0v) is 19.4. The van der Waals surface area contributed by atoms with Crippen LogP contribution in [0, 0.1) is 11.7 Å². The van der Waals surface area contributed by atoms with Gasteiger partial charge in [-0.3, -0.25) is 9.48 Å². The average molecular weight is 470 g/mol. The number of hydrogen-bond donors (Lipinski definition) is 1.